The molecule has 0 bridgehead atoms. The van der Waals surface area contributed by atoms with Crippen molar-refractivity contribution >= 4 is 12.0 Å². The quantitative estimate of drug-likeness (QED) is 0.877. The van der Waals surface area contributed by atoms with Crippen LogP contribution in [0.25, 0.3) is 0 Å². The van der Waals surface area contributed by atoms with E-state index < -0.39 is 5.60 Å². The van der Waals surface area contributed by atoms with E-state index in [1.807, 2.05) is 51.1 Å². The van der Waals surface area contributed by atoms with Gasteiger partial charge >= 0.3 is 6.09 Å². The molecule has 1 atom stereocenters. The Morgan fingerprint density at radius 2 is 2.00 bits per heavy atom. The van der Waals surface area contributed by atoms with Crippen molar-refractivity contribution in [1.29, 1.82) is 0 Å². The fourth-order valence-corrected chi connectivity index (χ4v) is 2.58. The molecule has 0 aliphatic carbocycles. The fourth-order valence-electron chi connectivity index (χ4n) is 2.58. The Morgan fingerprint density at radius 3 is 2.67 bits per heavy atom. The summed E-state index contributed by atoms with van der Waals surface area (Å²) in [7, 11) is 0. The van der Waals surface area contributed by atoms with Crippen LogP contribution in [0.15, 0.2) is 30.3 Å². The minimum Gasteiger partial charge on any atom is -0.444 e. The first kappa shape index (κ1) is 18.3. The lowest BCUT2D eigenvalue weighted by atomic mass is 10.1. The third kappa shape index (κ3) is 5.85. The molecule has 24 heavy (non-hydrogen) atoms. The van der Waals surface area contributed by atoms with Crippen LogP contribution in [0, 0.1) is 0 Å². The predicted octanol–water partition coefficient (Wildman–Crippen LogP) is 1.55. The second-order valence-corrected chi connectivity index (χ2v) is 7.00. The van der Waals surface area contributed by atoms with Crippen LogP contribution in [-0.4, -0.2) is 54.7 Å². The molecule has 2 rings (SSSR count). The summed E-state index contributed by atoms with van der Waals surface area (Å²) >= 11 is 0. The van der Waals surface area contributed by atoms with E-state index in [4.69, 9.17) is 4.74 Å². The van der Waals surface area contributed by atoms with Crippen LogP contribution < -0.4 is 10.6 Å². The van der Waals surface area contributed by atoms with E-state index in [2.05, 4.69) is 10.6 Å². The number of hydrogen-bond acceptors (Lipinski definition) is 4. The average molecular weight is 333 g/mol. The monoisotopic (exact) mass is 333 g/mol. The lowest BCUT2D eigenvalue weighted by Crippen LogP contribution is -2.58. The molecular formula is C18H27N3O3. The molecule has 6 nitrogen and oxygen atoms in total. The van der Waals surface area contributed by atoms with Gasteiger partial charge < -0.3 is 20.3 Å². The number of carbonyl (C=O) groups is 2. The molecule has 1 unspecified atom stereocenters. The number of nitrogens with zero attached hydrogens (tertiary/aromatic N) is 1. The molecule has 6 heteroatoms. The van der Waals surface area contributed by atoms with Gasteiger partial charge in [0, 0.05) is 26.2 Å². The molecule has 0 aromatic heterocycles. The summed E-state index contributed by atoms with van der Waals surface area (Å²) in [5.41, 5.74) is 0.448. The number of amides is 2. The highest BCUT2D eigenvalue weighted by atomic mass is 16.6. The topological polar surface area (TPSA) is 70.7 Å². The predicted molar refractivity (Wildman–Crippen MR) is 92.8 cm³/mol. The van der Waals surface area contributed by atoms with E-state index in [1.54, 1.807) is 4.90 Å². The van der Waals surface area contributed by atoms with Gasteiger partial charge in [-0.1, -0.05) is 30.3 Å². The smallest absolute Gasteiger partial charge is 0.410 e. The molecule has 0 saturated carbocycles. The van der Waals surface area contributed by atoms with E-state index in [1.165, 1.54) is 0 Å². The number of hydrogen-bond donors (Lipinski definition) is 2. The van der Waals surface area contributed by atoms with Crippen molar-refractivity contribution in [3.8, 4) is 0 Å². The summed E-state index contributed by atoms with van der Waals surface area (Å²) < 4.78 is 5.46. The minimum atomic E-state index is -0.525. The largest absolute Gasteiger partial charge is 0.444 e. The summed E-state index contributed by atoms with van der Waals surface area (Å²) in [6, 6.07) is 9.50. The van der Waals surface area contributed by atoms with Crippen molar-refractivity contribution < 1.29 is 14.3 Å². The van der Waals surface area contributed by atoms with Gasteiger partial charge in [-0.2, -0.15) is 0 Å². The fraction of sp³-hybridized carbons (Fsp3) is 0.556. The Morgan fingerprint density at radius 1 is 1.29 bits per heavy atom. The molecule has 0 radical (unpaired) electrons. The molecule has 132 valence electrons. The Bertz CT molecular complexity index is 554. The van der Waals surface area contributed by atoms with Crippen LogP contribution in [0.1, 0.15) is 26.3 Å². The Kier molecular flexibility index (Phi) is 6.20. The van der Waals surface area contributed by atoms with Crippen LogP contribution in [-0.2, 0) is 16.0 Å². The molecule has 1 aliphatic rings. The maximum atomic E-state index is 12.3. The van der Waals surface area contributed by atoms with Gasteiger partial charge in [-0.05, 0) is 26.3 Å². The summed E-state index contributed by atoms with van der Waals surface area (Å²) in [4.78, 5) is 26.1. The normalized spacial score (nSPS) is 18.1. The van der Waals surface area contributed by atoms with E-state index in [-0.39, 0.29) is 18.0 Å². The van der Waals surface area contributed by atoms with Gasteiger partial charge in [0.15, 0.2) is 0 Å². The number of rotatable bonds is 4. The van der Waals surface area contributed by atoms with Crippen molar-refractivity contribution in [2.75, 3.05) is 26.2 Å². The van der Waals surface area contributed by atoms with Crippen molar-refractivity contribution in [3.05, 3.63) is 35.9 Å². The highest BCUT2D eigenvalue weighted by Crippen LogP contribution is 2.13. The SMILES string of the molecule is CC(C)(C)OC(=O)N1CCNCC1CNC(=O)Cc1ccccc1. The molecule has 2 N–H and O–H groups in total. The van der Waals surface area contributed by atoms with Crippen molar-refractivity contribution in [3.63, 3.8) is 0 Å². The van der Waals surface area contributed by atoms with Gasteiger partial charge in [0.1, 0.15) is 5.60 Å². The van der Waals surface area contributed by atoms with Gasteiger partial charge in [0.05, 0.1) is 12.5 Å². The summed E-state index contributed by atoms with van der Waals surface area (Å²) in [5, 5.41) is 6.18. The molecule has 1 aromatic carbocycles. The van der Waals surface area contributed by atoms with E-state index in [9.17, 15) is 9.59 Å². The highest BCUT2D eigenvalue weighted by Gasteiger charge is 2.30. The zero-order valence-electron chi connectivity index (χ0n) is 14.7. The van der Waals surface area contributed by atoms with Crippen LogP contribution in [0.2, 0.25) is 0 Å². The maximum absolute atomic E-state index is 12.3. The first-order valence-corrected chi connectivity index (χ1v) is 8.36. The van der Waals surface area contributed by atoms with Crippen molar-refractivity contribution in [2.24, 2.45) is 0 Å². The van der Waals surface area contributed by atoms with E-state index in [0.29, 0.717) is 26.1 Å². The lowest BCUT2D eigenvalue weighted by molar-refractivity contribution is -0.120. The van der Waals surface area contributed by atoms with E-state index in [0.717, 1.165) is 12.1 Å². The standard InChI is InChI=1S/C18H27N3O3/c1-18(2,3)24-17(23)21-10-9-19-12-15(21)13-20-16(22)11-14-7-5-4-6-8-14/h4-8,15,19H,9-13H2,1-3H3,(H,20,22). The Balaban J connectivity index is 1.86. The molecule has 1 heterocycles. The first-order valence-electron chi connectivity index (χ1n) is 8.36. The molecule has 2 amide bonds. The third-order valence-electron chi connectivity index (χ3n) is 3.72. The molecule has 0 spiro atoms. The third-order valence-corrected chi connectivity index (χ3v) is 3.72. The van der Waals surface area contributed by atoms with Gasteiger partial charge in [0.25, 0.3) is 0 Å². The number of piperazine rings is 1. The number of nitrogens with one attached hydrogen (secondary N) is 2. The minimum absolute atomic E-state index is 0.0455. The van der Waals surface area contributed by atoms with Gasteiger partial charge in [-0.3, -0.25) is 4.79 Å². The number of ether oxygens (including phenoxy) is 1. The summed E-state index contributed by atoms with van der Waals surface area (Å²) in [5.74, 6) is -0.0455. The maximum Gasteiger partial charge on any atom is 0.410 e. The van der Waals surface area contributed by atoms with Gasteiger partial charge in [-0.25, -0.2) is 4.79 Å². The molecular weight excluding hydrogens is 306 g/mol. The van der Waals surface area contributed by atoms with Crippen LogP contribution in [0.5, 0.6) is 0 Å². The summed E-state index contributed by atoms with van der Waals surface area (Å²) in [6.07, 6.45) is 0.0132. The highest BCUT2D eigenvalue weighted by molar-refractivity contribution is 5.78. The number of benzene rings is 1. The van der Waals surface area contributed by atoms with Gasteiger partial charge in [-0.15, -0.1) is 0 Å². The van der Waals surface area contributed by atoms with Crippen LogP contribution in [0.3, 0.4) is 0 Å². The molecule has 1 saturated heterocycles. The summed E-state index contributed by atoms with van der Waals surface area (Å²) in [6.45, 7) is 7.92. The Labute approximate surface area is 143 Å². The molecule has 1 fully saturated rings. The zero-order chi connectivity index (χ0) is 17.6. The second kappa shape index (κ2) is 8.15. The van der Waals surface area contributed by atoms with Crippen LogP contribution >= 0.6 is 0 Å². The van der Waals surface area contributed by atoms with Gasteiger partial charge in [0.2, 0.25) is 5.91 Å². The first-order chi connectivity index (χ1) is 11.3. The van der Waals surface area contributed by atoms with Crippen molar-refractivity contribution in [1.82, 2.24) is 15.5 Å². The molecule has 1 aliphatic heterocycles. The van der Waals surface area contributed by atoms with Crippen molar-refractivity contribution in [2.45, 2.75) is 38.8 Å². The average Bonchev–Trinajstić information content (AvgIpc) is 2.52. The van der Waals surface area contributed by atoms with Crippen LogP contribution in [0.4, 0.5) is 4.79 Å². The lowest BCUT2D eigenvalue weighted by Gasteiger charge is -2.37. The van der Waals surface area contributed by atoms with E-state index >= 15 is 0 Å². The zero-order valence-corrected chi connectivity index (χ0v) is 14.7. The number of carbonyl (C=O) groups excluding carboxylic acids is 2. The second-order valence-electron chi connectivity index (χ2n) is 7.00. The molecule has 1 aromatic rings. The Hall–Kier alpha value is -2.08.